The first kappa shape index (κ1) is 17.8. The molecule has 1 aromatic rings. The Hall–Kier alpha value is -2.04. The molecule has 0 aromatic heterocycles. The van der Waals surface area contributed by atoms with E-state index in [-0.39, 0.29) is 24.0 Å². The molecule has 2 atom stereocenters. The molecular weight excluding hydrogens is 314 g/mol. The number of likely N-dealkylation sites (N-methyl/N-ethyl adjacent to an activating group) is 1. The van der Waals surface area contributed by atoms with Gasteiger partial charge in [-0.1, -0.05) is 36.8 Å². The first-order valence-electron chi connectivity index (χ1n) is 9.40. The minimum absolute atomic E-state index is 0.00370. The number of amides is 3. The number of rotatable bonds is 5. The van der Waals surface area contributed by atoms with E-state index in [4.69, 9.17) is 0 Å². The Labute approximate surface area is 150 Å². The molecule has 25 heavy (non-hydrogen) atoms. The molecule has 1 aliphatic carbocycles. The molecule has 5 nitrogen and oxygen atoms in total. The van der Waals surface area contributed by atoms with Gasteiger partial charge in [-0.15, -0.1) is 0 Å². The summed E-state index contributed by atoms with van der Waals surface area (Å²) in [6.07, 6.45) is 4.94. The van der Waals surface area contributed by atoms with Crippen molar-refractivity contribution in [1.82, 2.24) is 15.1 Å². The van der Waals surface area contributed by atoms with Crippen LogP contribution in [0.4, 0.5) is 4.79 Å². The second kappa shape index (κ2) is 7.89. The Morgan fingerprint density at radius 2 is 2.00 bits per heavy atom. The van der Waals surface area contributed by atoms with E-state index in [9.17, 15) is 9.59 Å². The third kappa shape index (κ3) is 4.33. The van der Waals surface area contributed by atoms with Crippen molar-refractivity contribution in [2.45, 2.75) is 51.1 Å². The highest BCUT2D eigenvalue weighted by atomic mass is 16.2. The van der Waals surface area contributed by atoms with E-state index in [2.05, 4.69) is 24.4 Å². The van der Waals surface area contributed by atoms with Crippen LogP contribution in [0, 0.1) is 5.92 Å². The standard InChI is InChI=1S/C20H29N3O2/c1-15(17-9-4-3-5-10-17)23(13-16-7-6-8-16)20(25)21-18-11-12-19(24)22(2)14-18/h3-5,9-10,15-16,18H,6-8,11-14H2,1-2H3,(H,21,25)/t15-,18-/m0/s1. The monoisotopic (exact) mass is 343 g/mol. The van der Waals surface area contributed by atoms with Crippen molar-refractivity contribution in [3.05, 3.63) is 35.9 Å². The molecule has 0 bridgehead atoms. The lowest BCUT2D eigenvalue weighted by Gasteiger charge is -2.38. The van der Waals surface area contributed by atoms with E-state index in [1.807, 2.05) is 23.1 Å². The molecule has 3 amide bonds. The maximum absolute atomic E-state index is 13.0. The van der Waals surface area contributed by atoms with Crippen LogP contribution in [-0.4, -0.2) is 47.9 Å². The number of piperidine rings is 1. The molecule has 1 saturated heterocycles. The number of carbonyl (C=O) groups excluding carboxylic acids is 2. The molecule has 2 aliphatic rings. The number of benzene rings is 1. The fourth-order valence-corrected chi connectivity index (χ4v) is 3.67. The molecular formula is C20H29N3O2. The molecule has 1 aromatic carbocycles. The lowest BCUT2D eigenvalue weighted by atomic mass is 9.84. The number of nitrogens with zero attached hydrogens (tertiary/aromatic N) is 2. The Bertz CT molecular complexity index is 600. The topological polar surface area (TPSA) is 52.7 Å². The second-order valence-electron chi connectivity index (χ2n) is 7.50. The molecule has 0 spiro atoms. The summed E-state index contributed by atoms with van der Waals surface area (Å²) in [6, 6.07) is 10.3. The minimum Gasteiger partial charge on any atom is -0.344 e. The summed E-state index contributed by atoms with van der Waals surface area (Å²) >= 11 is 0. The highest BCUT2D eigenvalue weighted by Crippen LogP contribution is 2.30. The molecule has 5 heteroatoms. The van der Waals surface area contributed by atoms with Crippen LogP contribution >= 0.6 is 0 Å². The van der Waals surface area contributed by atoms with Gasteiger partial charge >= 0.3 is 6.03 Å². The zero-order valence-electron chi connectivity index (χ0n) is 15.3. The van der Waals surface area contributed by atoms with Crippen LogP contribution in [0.3, 0.4) is 0 Å². The van der Waals surface area contributed by atoms with Gasteiger partial charge in [0.25, 0.3) is 0 Å². The zero-order valence-corrected chi connectivity index (χ0v) is 15.3. The van der Waals surface area contributed by atoms with Gasteiger partial charge < -0.3 is 15.1 Å². The van der Waals surface area contributed by atoms with E-state index < -0.39 is 0 Å². The van der Waals surface area contributed by atoms with Crippen molar-refractivity contribution in [2.24, 2.45) is 5.92 Å². The van der Waals surface area contributed by atoms with E-state index in [0.29, 0.717) is 18.9 Å². The highest BCUT2D eigenvalue weighted by molar-refractivity contribution is 5.78. The third-order valence-electron chi connectivity index (χ3n) is 5.64. The molecule has 136 valence electrons. The van der Waals surface area contributed by atoms with E-state index in [0.717, 1.165) is 18.5 Å². The van der Waals surface area contributed by atoms with Gasteiger partial charge in [-0.3, -0.25) is 4.79 Å². The van der Waals surface area contributed by atoms with Crippen molar-refractivity contribution >= 4 is 11.9 Å². The van der Waals surface area contributed by atoms with E-state index in [1.54, 1.807) is 11.9 Å². The summed E-state index contributed by atoms with van der Waals surface area (Å²) in [7, 11) is 1.80. The number of likely N-dealkylation sites (tertiary alicyclic amines) is 1. The van der Waals surface area contributed by atoms with Crippen molar-refractivity contribution in [1.29, 1.82) is 0 Å². The maximum Gasteiger partial charge on any atom is 0.318 e. The average Bonchev–Trinajstić information content (AvgIpc) is 2.57. The summed E-state index contributed by atoms with van der Waals surface area (Å²) in [6.45, 7) is 3.51. The second-order valence-corrected chi connectivity index (χ2v) is 7.50. The largest absolute Gasteiger partial charge is 0.344 e. The SMILES string of the molecule is C[C@@H](c1ccccc1)N(CC1CCC1)C(=O)N[C@H]1CCC(=O)N(C)C1. The first-order valence-corrected chi connectivity index (χ1v) is 9.40. The average molecular weight is 343 g/mol. The minimum atomic E-state index is -0.00370. The first-order chi connectivity index (χ1) is 12.0. The van der Waals surface area contributed by atoms with Crippen LogP contribution in [-0.2, 0) is 4.79 Å². The van der Waals surface area contributed by atoms with E-state index in [1.165, 1.54) is 19.3 Å². The summed E-state index contributed by atoms with van der Waals surface area (Å²) < 4.78 is 0. The van der Waals surface area contributed by atoms with E-state index >= 15 is 0 Å². The van der Waals surface area contributed by atoms with Gasteiger partial charge in [0.05, 0.1) is 6.04 Å². The van der Waals surface area contributed by atoms with Crippen molar-refractivity contribution in [2.75, 3.05) is 20.1 Å². The molecule has 2 fully saturated rings. The van der Waals surface area contributed by atoms with Crippen molar-refractivity contribution in [3.63, 3.8) is 0 Å². The van der Waals surface area contributed by atoms with Crippen LogP contribution in [0.2, 0.25) is 0 Å². The zero-order chi connectivity index (χ0) is 17.8. The Morgan fingerprint density at radius 3 is 2.60 bits per heavy atom. The lowest BCUT2D eigenvalue weighted by molar-refractivity contribution is -0.132. The molecule has 1 aliphatic heterocycles. The predicted molar refractivity (Wildman–Crippen MR) is 98.1 cm³/mol. The van der Waals surface area contributed by atoms with Crippen LogP contribution < -0.4 is 5.32 Å². The molecule has 1 saturated carbocycles. The van der Waals surface area contributed by atoms with Gasteiger partial charge in [0.15, 0.2) is 0 Å². The van der Waals surface area contributed by atoms with Gasteiger partial charge in [0.2, 0.25) is 5.91 Å². The van der Waals surface area contributed by atoms with Crippen molar-refractivity contribution in [3.8, 4) is 0 Å². The van der Waals surface area contributed by atoms with Crippen molar-refractivity contribution < 1.29 is 9.59 Å². The lowest BCUT2D eigenvalue weighted by Crippen LogP contribution is -2.53. The highest BCUT2D eigenvalue weighted by Gasteiger charge is 2.30. The van der Waals surface area contributed by atoms with Gasteiger partial charge in [0.1, 0.15) is 0 Å². The molecule has 0 unspecified atom stereocenters. The summed E-state index contributed by atoms with van der Waals surface area (Å²) in [5, 5.41) is 3.17. The Balaban J connectivity index is 1.67. The number of hydrogen-bond acceptors (Lipinski definition) is 2. The summed E-state index contributed by atoms with van der Waals surface area (Å²) in [5.74, 6) is 0.780. The molecule has 1 heterocycles. The van der Waals surface area contributed by atoms with Crippen LogP contribution in [0.25, 0.3) is 0 Å². The number of hydrogen-bond donors (Lipinski definition) is 1. The molecule has 1 N–H and O–H groups in total. The summed E-state index contributed by atoms with van der Waals surface area (Å²) in [4.78, 5) is 28.3. The smallest absolute Gasteiger partial charge is 0.318 e. The molecule has 3 rings (SSSR count). The fraction of sp³-hybridized carbons (Fsp3) is 0.600. The number of nitrogens with one attached hydrogen (secondary N) is 1. The van der Waals surface area contributed by atoms with Gasteiger partial charge in [-0.2, -0.15) is 0 Å². The number of urea groups is 1. The third-order valence-corrected chi connectivity index (χ3v) is 5.64. The predicted octanol–water partition coefficient (Wildman–Crippen LogP) is 3.18. The van der Waals surface area contributed by atoms with Gasteiger partial charge in [0, 0.05) is 32.6 Å². The normalized spacial score (nSPS) is 22.2. The van der Waals surface area contributed by atoms with Crippen LogP contribution in [0.15, 0.2) is 30.3 Å². The van der Waals surface area contributed by atoms with Gasteiger partial charge in [-0.05, 0) is 37.7 Å². The Morgan fingerprint density at radius 1 is 1.28 bits per heavy atom. The fourth-order valence-electron chi connectivity index (χ4n) is 3.67. The number of carbonyl (C=O) groups is 2. The van der Waals surface area contributed by atoms with Crippen LogP contribution in [0.5, 0.6) is 0 Å². The maximum atomic E-state index is 13.0. The quantitative estimate of drug-likeness (QED) is 0.893. The molecule has 0 radical (unpaired) electrons. The van der Waals surface area contributed by atoms with Crippen LogP contribution in [0.1, 0.15) is 50.6 Å². The summed E-state index contributed by atoms with van der Waals surface area (Å²) in [5.41, 5.74) is 1.16. The van der Waals surface area contributed by atoms with Gasteiger partial charge in [-0.25, -0.2) is 4.79 Å². The Kier molecular flexibility index (Phi) is 5.61.